The quantitative estimate of drug-likeness (QED) is 0.318. The molecule has 0 atom stereocenters. The fourth-order valence-corrected chi connectivity index (χ4v) is 1.64. The number of nitrogens with zero attached hydrogens (tertiary/aromatic N) is 1. The maximum absolute atomic E-state index is 5.77. The van der Waals surface area contributed by atoms with E-state index in [4.69, 9.17) is 10.5 Å². The summed E-state index contributed by atoms with van der Waals surface area (Å²) < 4.78 is 5.17. The Morgan fingerprint density at radius 2 is 2.06 bits per heavy atom. The fraction of sp³-hybridized carbons (Fsp3) is 0.917. The van der Waals surface area contributed by atoms with Gasteiger partial charge in [-0.15, -0.1) is 24.0 Å². The van der Waals surface area contributed by atoms with Crippen LogP contribution in [0.25, 0.3) is 0 Å². The summed E-state index contributed by atoms with van der Waals surface area (Å²) in [7, 11) is 0. The van der Waals surface area contributed by atoms with Crippen molar-refractivity contribution in [3.8, 4) is 0 Å². The minimum absolute atomic E-state index is 0. The van der Waals surface area contributed by atoms with Crippen molar-refractivity contribution >= 4 is 29.9 Å². The number of aliphatic imine (C=N–C) groups is 1. The SMILES string of the molecule is CCCCCCNC(N)=NCC1(C)COC1.I. The Labute approximate surface area is 122 Å². The molecule has 0 unspecified atom stereocenters. The summed E-state index contributed by atoms with van der Waals surface area (Å²) in [5.41, 5.74) is 5.99. The minimum atomic E-state index is 0. The Balaban J connectivity index is 0.00000256. The minimum Gasteiger partial charge on any atom is -0.380 e. The molecule has 0 aromatic heterocycles. The maximum atomic E-state index is 5.77. The van der Waals surface area contributed by atoms with Crippen LogP contribution in [0.2, 0.25) is 0 Å². The highest BCUT2D eigenvalue weighted by Gasteiger charge is 2.32. The van der Waals surface area contributed by atoms with Crippen molar-refractivity contribution in [3.05, 3.63) is 0 Å². The molecule has 0 bridgehead atoms. The summed E-state index contributed by atoms with van der Waals surface area (Å²) in [6.45, 7) is 7.70. The molecule has 1 fully saturated rings. The Kier molecular flexibility index (Phi) is 8.94. The van der Waals surface area contributed by atoms with Gasteiger partial charge in [-0.3, -0.25) is 4.99 Å². The molecule has 102 valence electrons. The third-order valence-electron chi connectivity index (χ3n) is 2.87. The van der Waals surface area contributed by atoms with Gasteiger partial charge in [0.2, 0.25) is 0 Å². The number of halogens is 1. The highest BCUT2D eigenvalue weighted by Crippen LogP contribution is 2.26. The van der Waals surface area contributed by atoms with E-state index in [1.807, 2.05) is 0 Å². The van der Waals surface area contributed by atoms with Gasteiger partial charge in [0.15, 0.2) is 5.96 Å². The van der Waals surface area contributed by atoms with Gasteiger partial charge in [-0.05, 0) is 6.42 Å². The summed E-state index contributed by atoms with van der Waals surface area (Å²) in [5, 5.41) is 3.15. The normalized spacial score (nSPS) is 18.1. The molecule has 1 heterocycles. The second-order valence-corrected chi connectivity index (χ2v) is 4.99. The van der Waals surface area contributed by atoms with Gasteiger partial charge < -0.3 is 15.8 Å². The number of hydrogen-bond donors (Lipinski definition) is 2. The third kappa shape index (κ3) is 7.08. The first-order valence-electron chi connectivity index (χ1n) is 6.28. The van der Waals surface area contributed by atoms with Crippen LogP contribution < -0.4 is 11.1 Å². The summed E-state index contributed by atoms with van der Waals surface area (Å²) in [6, 6.07) is 0. The van der Waals surface area contributed by atoms with Crippen LogP contribution in [0.15, 0.2) is 4.99 Å². The summed E-state index contributed by atoms with van der Waals surface area (Å²) >= 11 is 0. The first-order valence-corrected chi connectivity index (χ1v) is 6.28. The van der Waals surface area contributed by atoms with E-state index in [9.17, 15) is 0 Å². The van der Waals surface area contributed by atoms with Crippen LogP contribution in [0.3, 0.4) is 0 Å². The summed E-state index contributed by atoms with van der Waals surface area (Å²) in [6.07, 6.45) is 5.00. The van der Waals surface area contributed by atoms with Crippen LogP contribution in [-0.2, 0) is 4.74 Å². The largest absolute Gasteiger partial charge is 0.380 e. The Morgan fingerprint density at radius 3 is 2.59 bits per heavy atom. The smallest absolute Gasteiger partial charge is 0.188 e. The predicted octanol–water partition coefficient (Wildman–Crippen LogP) is 2.13. The van der Waals surface area contributed by atoms with E-state index in [2.05, 4.69) is 24.2 Å². The van der Waals surface area contributed by atoms with Crippen LogP contribution >= 0.6 is 24.0 Å². The molecular formula is C12H26IN3O. The maximum Gasteiger partial charge on any atom is 0.188 e. The number of hydrogen-bond acceptors (Lipinski definition) is 2. The standard InChI is InChI=1S/C12H25N3O.HI/c1-3-4-5-6-7-14-11(13)15-8-12(2)9-16-10-12;/h3-10H2,1-2H3,(H3,13,14,15);1H. The predicted molar refractivity (Wildman–Crippen MR) is 83.0 cm³/mol. The molecule has 4 nitrogen and oxygen atoms in total. The summed E-state index contributed by atoms with van der Waals surface area (Å²) in [4.78, 5) is 4.34. The lowest BCUT2D eigenvalue weighted by Crippen LogP contribution is -2.43. The van der Waals surface area contributed by atoms with Crippen molar-refractivity contribution in [2.24, 2.45) is 16.1 Å². The molecule has 17 heavy (non-hydrogen) atoms. The Morgan fingerprint density at radius 1 is 1.35 bits per heavy atom. The first kappa shape index (κ1) is 17.0. The van der Waals surface area contributed by atoms with E-state index in [0.717, 1.165) is 26.3 Å². The molecule has 0 amide bonds. The molecule has 0 saturated carbocycles. The molecule has 1 aliphatic heterocycles. The molecule has 0 aromatic rings. The monoisotopic (exact) mass is 355 g/mol. The topological polar surface area (TPSA) is 59.6 Å². The van der Waals surface area contributed by atoms with Crippen LogP contribution in [-0.4, -0.2) is 32.3 Å². The number of unbranched alkanes of at least 4 members (excludes halogenated alkanes) is 3. The number of guanidine groups is 1. The molecular weight excluding hydrogens is 329 g/mol. The third-order valence-corrected chi connectivity index (χ3v) is 2.87. The second-order valence-electron chi connectivity index (χ2n) is 4.99. The Hall–Kier alpha value is -0.0400. The van der Waals surface area contributed by atoms with Crippen molar-refractivity contribution < 1.29 is 4.74 Å². The molecule has 5 heteroatoms. The zero-order chi connectivity index (χ0) is 11.9. The van der Waals surface area contributed by atoms with Crippen molar-refractivity contribution in [3.63, 3.8) is 0 Å². The zero-order valence-electron chi connectivity index (χ0n) is 11.0. The number of nitrogens with two attached hydrogens (primary N) is 1. The lowest BCUT2D eigenvalue weighted by Gasteiger charge is -2.36. The van der Waals surface area contributed by atoms with Crippen LogP contribution in [0.1, 0.15) is 39.5 Å². The van der Waals surface area contributed by atoms with E-state index >= 15 is 0 Å². The van der Waals surface area contributed by atoms with Crippen molar-refractivity contribution in [1.82, 2.24) is 5.32 Å². The van der Waals surface area contributed by atoms with E-state index < -0.39 is 0 Å². The van der Waals surface area contributed by atoms with E-state index in [1.165, 1.54) is 25.7 Å². The van der Waals surface area contributed by atoms with Gasteiger partial charge in [0.25, 0.3) is 0 Å². The van der Waals surface area contributed by atoms with E-state index in [1.54, 1.807) is 0 Å². The lowest BCUT2D eigenvalue weighted by molar-refractivity contribution is -0.0945. The van der Waals surface area contributed by atoms with E-state index in [-0.39, 0.29) is 29.4 Å². The van der Waals surface area contributed by atoms with Crippen molar-refractivity contribution in [2.45, 2.75) is 39.5 Å². The molecule has 1 rings (SSSR count). The molecule has 0 spiro atoms. The molecule has 3 N–H and O–H groups in total. The van der Waals surface area contributed by atoms with Gasteiger partial charge in [-0.1, -0.05) is 33.1 Å². The van der Waals surface area contributed by atoms with Crippen molar-refractivity contribution in [2.75, 3.05) is 26.3 Å². The molecule has 1 aliphatic rings. The fourth-order valence-electron chi connectivity index (χ4n) is 1.64. The van der Waals surface area contributed by atoms with Gasteiger partial charge in [-0.25, -0.2) is 0 Å². The highest BCUT2D eigenvalue weighted by molar-refractivity contribution is 14.0. The van der Waals surface area contributed by atoms with Crippen LogP contribution in [0, 0.1) is 5.41 Å². The molecule has 1 saturated heterocycles. The van der Waals surface area contributed by atoms with Gasteiger partial charge in [0, 0.05) is 12.0 Å². The van der Waals surface area contributed by atoms with Gasteiger partial charge in [0.1, 0.15) is 0 Å². The number of nitrogens with one attached hydrogen (secondary N) is 1. The summed E-state index contributed by atoms with van der Waals surface area (Å²) in [5.74, 6) is 0.574. The van der Waals surface area contributed by atoms with Crippen molar-refractivity contribution in [1.29, 1.82) is 0 Å². The average Bonchev–Trinajstić information content (AvgIpc) is 2.23. The number of rotatable bonds is 7. The Bertz CT molecular complexity index is 230. The molecule has 0 radical (unpaired) electrons. The van der Waals surface area contributed by atoms with E-state index in [0.29, 0.717) is 5.96 Å². The highest BCUT2D eigenvalue weighted by atomic mass is 127. The molecule has 0 aromatic carbocycles. The number of ether oxygens (including phenoxy) is 1. The second kappa shape index (κ2) is 8.97. The lowest BCUT2D eigenvalue weighted by atomic mass is 9.89. The van der Waals surface area contributed by atoms with Crippen LogP contribution in [0.5, 0.6) is 0 Å². The van der Waals surface area contributed by atoms with Gasteiger partial charge in [-0.2, -0.15) is 0 Å². The average molecular weight is 355 g/mol. The molecule has 0 aliphatic carbocycles. The van der Waals surface area contributed by atoms with Crippen LogP contribution in [0.4, 0.5) is 0 Å². The first-order chi connectivity index (χ1) is 7.66. The van der Waals surface area contributed by atoms with Gasteiger partial charge >= 0.3 is 0 Å². The van der Waals surface area contributed by atoms with Gasteiger partial charge in [0.05, 0.1) is 19.8 Å². The zero-order valence-corrected chi connectivity index (χ0v) is 13.3.